The molecule has 2 rings (SSSR count). The van der Waals surface area contributed by atoms with Crippen molar-refractivity contribution in [3.8, 4) is 0 Å². The average Bonchev–Trinajstić information content (AvgIpc) is 2.78. The minimum absolute atomic E-state index is 0.326. The van der Waals surface area contributed by atoms with Gasteiger partial charge in [0.25, 0.3) is 0 Å². The van der Waals surface area contributed by atoms with Crippen molar-refractivity contribution in [2.24, 2.45) is 10.8 Å². The molecule has 1 aromatic carbocycles. The van der Waals surface area contributed by atoms with Gasteiger partial charge in [-0.15, -0.1) is 0 Å². The standard InChI is InChI=1S/C13H17N5O/c14-12(19)13(16-6-3-7-17-18-15)8-10-4-1-2-5-11(10)9-13/h1-2,4-5,16H,3,6-9H2,(H2,14,19). The quantitative estimate of drug-likeness (QED) is 0.348. The summed E-state index contributed by atoms with van der Waals surface area (Å²) in [4.78, 5) is 14.5. The van der Waals surface area contributed by atoms with Crippen LogP contribution in [0.4, 0.5) is 0 Å². The summed E-state index contributed by atoms with van der Waals surface area (Å²) in [6.07, 6.45) is 1.94. The molecule has 100 valence electrons. The molecule has 0 atom stereocenters. The number of primary amides is 1. The first-order chi connectivity index (χ1) is 9.18. The molecule has 1 amide bonds. The number of nitrogens with two attached hydrogens (primary N) is 1. The van der Waals surface area contributed by atoms with Crippen LogP contribution in [0.15, 0.2) is 29.4 Å². The van der Waals surface area contributed by atoms with Crippen LogP contribution in [0.5, 0.6) is 0 Å². The number of nitrogens with one attached hydrogen (secondary N) is 1. The molecule has 1 aliphatic rings. The number of amides is 1. The summed E-state index contributed by atoms with van der Waals surface area (Å²) in [7, 11) is 0. The van der Waals surface area contributed by atoms with Crippen LogP contribution in [-0.4, -0.2) is 24.5 Å². The summed E-state index contributed by atoms with van der Waals surface area (Å²) in [6, 6.07) is 8.00. The van der Waals surface area contributed by atoms with Gasteiger partial charge in [-0.1, -0.05) is 29.4 Å². The molecular weight excluding hydrogens is 242 g/mol. The molecule has 0 saturated carbocycles. The van der Waals surface area contributed by atoms with Crippen LogP contribution < -0.4 is 11.1 Å². The molecule has 3 N–H and O–H groups in total. The van der Waals surface area contributed by atoms with E-state index < -0.39 is 5.54 Å². The zero-order chi connectivity index (χ0) is 13.7. The molecule has 1 aromatic rings. The molecular formula is C13H17N5O. The minimum atomic E-state index is -0.694. The second kappa shape index (κ2) is 5.73. The van der Waals surface area contributed by atoms with E-state index in [9.17, 15) is 4.79 Å². The highest BCUT2D eigenvalue weighted by atomic mass is 16.1. The van der Waals surface area contributed by atoms with Gasteiger partial charge in [0.2, 0.25) is 5.91 Å². The van der Waals surface area contributed by atoms with Gasteiger partial charge in [-0.2, -0.15) is 0 Å². The van der Waals surface area contributed by atoms with Crippen LogP contribution in [0, 0.1) is 0 Å². The second-order valence-electron chi connectivity index (χ2n) is 4.80. The van der Waals surface area contributed by atoms with Gasteiger partial charge in [-0.25, -0.2) is 0 Å². The highest BCUT2D eigenvalue weighted by Crippen LogP contribution is 2.29. The third kappa shape index (κ3) is 2.86. The van der Waals surface area contributed by atoms with Crippen LogP contribution in [0.1, 0.15) is 17.5 Å². The zero-order valence-corrected chi connectivity index (χ0v) is 10.7. The summed E-state index contributed by atoms with van der Waals surface area (Å²) in [5.41, 5.74) is 15.4. The predicted octanol–water partition coefficient (Wildman–Crippen LogP) is 1.30. The van der Waals surface area contributed by atoms with Gasteiger partial charge < -0.3 is 11.1 Å². The van der Waals surface area contributed by atoms with Gasteiger partial charge in [0.15, 0.2) is 0 Å². The number of hydrogen-bond acceptors (Lipinski definition) is 3. The summed E-state index contributed by atoms with van der Waals surface area (Å²) in [5.74, 6) is -0.326. The van der Waals surface area contributed by atoms with Gasteiger partial charge in [-0.05, 0) is 29.6 Å². The molecule has 19 heavy (non-hydrogen) atoms. The van der Waals surface area contributed by atoms with E-state index in [1.807, 2.05) is 24.3 Å². The molecule has 0 saturated heterocycles. The average molecular weight is 259 g/mol. The third-order valence-corrected chi connectivity index (χ3v) is 3.54. The second-order valence-corrected chi connectivity index (χ2v) is 4.80. The summed E-state index contributed by atoms with van der Waals surface area (Å²) >= 11 is 0. The first kappa shape index (κ1) is 13.4. The normalized spacial score (nSPS) is 15.6. The molecule has 6 heteroatoms. The van der Waals surface area contributed by atoms with E-state index in [-0.39, 0.29) is 5.91 Å². The van der Waals surface area contributed by atoms with Crippen molar-refractivity contribution in [3.05, 3.63) is 45.8 Å². The smallest absolute Gasteiger partial charge is 0.238 e. The van der Waals surface area contributed by atoms with E-state index in [4.69, 9.17) is 11.3 Å². The number of rotatable bonds is 6. The van der Waals surface area contributed by atoms with Crippen molar-refractivity contribution in [1.29, 1.82) is 0 Å². The summed E-state index contributed by atoms with van der Waals surface area (Å²) < 4.78 is 0. The van der Waals surface area contributed by atoms with E-state index in [1.165, 1.54) is 11.1 Å². The van der Waals surface area contributed by atoms with E-state index in [0.29, 0.717) is 32.4 Å². The van der Waals surface area contributed by atoms with Gasteiger partial charge in [0.1, 0.15) is 5.54 Å². The number of carbonyl (C=O) groups is 1. The Balaban J connectivity index is 2.02. The fourth-order valence-electron chi connectivity index (χ4n) is 2.52. The Morgan fingerprint density at radius 2 is 2.05 bits per heavy atom. The third-order valence-electron chi connectivity index (χ3n) is 3.54. The highest BCUT2D eigenvalue weighted by molar-refractivity contribution is 5.86. The maximum atomic E-state index is 11.8. The fourth-order valence-corrected chi connectivity index (χ4v) is 2.52. The van der Waals surface area contributed by atoms with Crippen LogP contribution in [0.25, 0.3) is 10.4 Å². The number of benzene rings is 1. The van der Waals surface area contributed by atoms with Gasteiger partial charge in [0.05, 0.1) is 0 Å². The largest absolute Gasteiger partial charge is 0.368 e. The number of azide groups is 1. The Labute approximate surface area is 111 Å². The minimum Gasteiger partial charge on any atom is -0.368 e. The van der Waals surface area contributed by atoms with Crippen molar-refractivity contribution in [1.82, 2.24) is 5.32 Å². The molecule has 0 radical (unpaired) electrons. The molecule has 1 aliphatic carbocycles. The Morgan fingerprint density at radius 1 is 1.42 bits per heavy atom. The van der Waals surface area contributed by atoms with Gasteiger partial charge in [0, 0.05) is 24.3 Å². The number of hydrogen-bond donors (Lipinski definition) is 2. The van der Waals surface area contributed by atoms with Crippen LogP contribution in [-0.2, 0) is 17.6 Å². The number of carbonyl (C=O) groups excluding carboxylic acids is 1. The topological polar surface area (TPSA) is 104 Å². The fraction of sp³-hybridized carbons (Fsp3) is 0.462. The SMILES string of the molecule is [N-]=[N+]=NCCCNC1(C(N)=O)Cc2ccccc2C1. The number of nitrogens with zero attached hydrogens (tertiary/aromatic N) is 3. The first-order valence-corrected chi connectivity index (χ1v) is 6.30. The monoisotopic (exact) mass is 259 g/mol. The summed E-state index contributed by atoms with van der Waals surface area (Å²) in [6.45, 7) is 1.03. The van der Waals surface area contributed by atoms with Crippen LogP contribution >= 0.6 is 0 Å². The van der Waals surface area contributed by atoms with Crippen molar-refractivity contribution >= 4 is 5.91 Å². The predicted molar refractivity (Wildman–Crippen MR) is 72.4 cm³/mol. The van der Waals surface area contributed by atoms with E-state index in [0.717, 1.165) is 0 Å². The maximum Gasteiger partial charge on any atom is 0.238 e. The Morgan fingerprint density at radius 3 is 2.58 bits per heavy atom. The Hall–Kier alpha value is -2.04. The van der Waals surface area contributed by atoms with Gasteiger partial charge >= 0.3 is 0 Å². The van der Waals surface area contributed by atoms with Crippen LogP contribution in [0.2, 0.25) is 0 Å². The lowest BCUT2D eigenvalue weighted by atomic mass is 9.94. The zero-order valence-electron chi connectivity index (χ0n) is 10.7. The number of fused-ring (bicyclic) bond motifs is 1. The lowest BCUT2D eigenvalue weighted by molar-refractivity contribution is -0.124. The Bertz CT molecular complexity index is 497. The molecule has 0 aromatic heterocycles. The lowest BCUT2D eigenvalue weighted by Gasteiger charge is -2.26. The molecule has 0 unspecified atom stereocenters. The van der Waals surface area contributed by atoms with E-state index >= 15 is 0 Å². The highest BCUT2D eigenvalue weighted by Gasteiger charge is 2.41. The first-order valence-electron chi connectivity index (χ1n) is 6.30. The van der Waals surface area contributed by atoms with E-state index in [1.54, 1.807) is 0 Å². The summed E-state index contributed by atoms with van der Waals surface area (Å²) in [5, 5.41) is 6.71. The molecule has 6 nitrogen and oxygen atoms in total. The Kier molecular flexibility index (Phi) is 4.04. The molecule has 0 heterocycles. The molecule has 0 aliphatic heterocycles. The van der Waals surface area contributed by atoms with Crippen molar-refractivity contribution in [2.45, 2.75) is 24.8 Å². The van der Waals surface area contributed by atoms with Crippen LogP contribution in [0.3, 0.4) is 0 Å². The maximum absolute atomic E-state index is 11.8. The molecule has 0 bridgehead atoms. The lowest BCUT2D eigenvalue weighted by Crippen LogP contribution is -2.56. The van der Waals surface area contributed by atoms with Crippen molar-refractivity contribution in [2.75, 3.05) is 13.1 Å². The van der Waals surface area contributed by atoms with Crippen molar-refractivity contribution in [3.63, 3.8) is 0 Å². The van der Waals surface area contributed by atoms with Crippen molar-refractivity contribution < 1.29 is 4.79 Å². The van der Waals surface area contributed by atoms with E-state index in [2.05, 4.69) is 15.3 Å². The molecule has 0 spiro atoms. The van der Waals surface area contributed by atoms with Gasteiger partial charge in [-0.3, -0.25) is 4.79 Å². The molecule has 0 fully saturated rings.